The van der Waals surface area contributed by atoms with Gasteiger partial charge in [-0.3, -0.25) is 19.5 Å². The smallest absolute Gasteiger partial charge is 0.339 e. The summed E-state index contributed by atoms with van der Waals surface area (Å²) >= 11 is 1.07. The van der Waals surface area contributed by atoms with E-state index in [-0.39, 0.29) is 22.9 Å². The summed E-state index contributed by atoms with van der Waals surface area (Å²) < 4.78 is 7.30. The Hall–Kier alpha value is -3.00. The highest BCUT2D eigenvalue weighted by Gasteiger charge is 2.12. The van der Waals surface area contributed by atoms with Gasteiger partial charge in [-0.1, -0.05) is 23.5 Å². The maximum absolute atomic E-state index is 12.0. The number of fused-ring (bicyclic) bond motifs is 1. The van der Waals surface area contributed by atoms with Crippen LogP contribution in [0.1, 0.15) is 10.4 Å². The number of hydrogen-bond acceptors (Lipinski definition) is 6. The van der Waals surface area contributed by atoms with Crippen LogP contribution in [0.15, 0.2) is 53.3 Å². The van der Waals surface area contributed by atoms with Gasteiger partial charge in [0.2, 0.25) is 0 Å². The van der Waals surface area contributed by atoms with E-state index in [0.717, 1.165) is 16.0 Å². The Morgan fingerprint density at radius 3 is 2.57 bits per heavy atom. The van der Waals surface area contributed by atoms with E-state index in [9.17, 15) is 19.7 Å². The lowest BCUT2D eigenvalue weighted by Gasteiger charge is -2.06. The zero-order valence-corrected chi connectivity index (χ0v) is 12.5. The van der Waals surface area contributed by atoms with E-state index >= 15 is 0 Å². The number of nitro benzene ring substituents is 1. The Morgan fingerprint density at radius 1 is 1.17 bits per heavy atom. The van der Waals surface area contributed by atoms with E-state index in [1.165, 1.54) is 28.8 Å². The topological polar surface area (TPSA) is 91.4 Å². The number of benzene rings is 2. The Labute approximate surface area is 133 Å². The fourth-order valence-corrected chi connectivity index (χ4v) is 2.94. The SMILES string of the molecule is O=C(OCn1c(=O)sc2ccccc21)c1ccc([N+](=O)[O-])cc1. The molecule has 23 heavy (non-hydrogen) atoms. The standard InChI is InChI=1S/C15H10N2O5S/c18-14(10-5-7-11(8-6-10)17(20)21)22-9-16-12-3-1-2-4-13(12)23-15(16)19/h1-8H,9H2. The van der Waals surface area contributed by atoms with Gasteiger partial charge in [0.15, 0.2) is 6.73 Å². The summed E-state index contributed by atoms with van der Waals surface area (Å²) in [6.45, 7) is -0.210. The number of nitrogens with zero attached hydrogens (tertiary/aromatic N) is 2. The lowest BCUT2D eigenvalue weighted by Crippen LogP contribution is -2.17. The highest BCUT2D eigenvalue weighted by atomic mass is 32.1. The van der Waals surface area contributed by atoms with Crippen molar-refractivity contribution in [2.45, 2.75) is 6.73 Å². The number of para-hydroxylation sites is 1. The van der Waals surface area contributed by atoms with Crippen molar-refractivity contribution >= 4 is 33.2 Å². The third-order valence-electron chi connectivity index (χ3n) is 3.21. The summed E-state index contributed by atoms with van der Waals surface area (Å²) in [6, 6.07) is 12.3. The Balaban J connectivity index is 1.77. The first-order valence-corrected chi connectivity index (χ1v) is 7.38. The Kier molecular flexibility index (Phi) is 3.90. The van der Waals surface area contributed by atoms with Crippen LogP contribution in [-0.4, -0.2) is 15.5 Å². The van der Waals surface area contributed by atoms with Crippen LogP contribution in [0.2, 0.25) is 0 Å². The van der Waals surface area contributed by atoms with E-state index in [0.29, 0.717) is 5.52 Å². The van der Waals surface area contributed by atoms with Gasteiger partial charge in [-0.2, -0.15) is 0 Å². The van der Waals surface area contributed by atoms with Crippen molar-refractivity contribution in [2.24, 2.45) is 0 Å². The van der Waals surface area contributed by atoms with Crippen LogP contribution in [0.3, 0.4) is 0 Å². The number of carbonyl (C=O) groups excluding carboxylic acids is 1. The number of thiazole rings is 1. The second kappa shape index (κ2) is 6.01. The average Bonchev–Trinajstić information content (AvgIpc) is 2.88. The molecule has 0 aliphatic heterocycles. The molecule has 0 saturated carbocycles. The van der Waals surface area contributed by atoms with Crippen LogP contribution in [-0.2, 0) is 11.5 Å². The third-order valence-corrected chi connectivity index (χ3v) is 4.17. The number of hydrogen-bond donors (Lipinski definition) is 0. The van der Waals surface area contributed by atoms with Crippen LogP contribution >= 0.6 is 11.3 Å². The molecule has 0 aliphatic rings. The van der Waals surface area contributed by atoms with Crippen LogP contribution in [0.4, 0.5) is 5.69 Å². The highest BCUT2D eigenvalue weighted by molar-refractivity contribution is 7.16. The summed E-state index contributed by atoms with van der Waals surface area (Å²) in [5, 5.41) is 10.6. The van der Waals surface area contributed by atoms with Crippen molar-refractivity contribution in [3.8, 4) is 0 Å². The molecule has 0 unspecified atom stereocenters. The first kappa shape index (κ1) is 14.9. The van der Waals surface area contributed by atoms with Crippen LogP contribution < -0.4 is 4.87 Å². The minimum absolute atomic E-state index is 0.110. The summed E-state index contributed by atoms with van der Waals surface area (Å²) in [5.41, 5.74) is 0.767. The van der Waals surface area contributed by atoms with Gasteiger partial charge in [0.25, 0.3) is 5.69 Å². The molecule has 8 heteroatoms. The number of carbonyl (C=O) groups is 1. The molecule has 0 amide bonds. The third kappa shape index (κ3) is 2.97. The molecule has 1 aromatic heterocycles. The number of rotatable bonds is 4. The molecule has 0 N–H and O–H groups in total. The molecule has 3 aromatic rings. The predicted octanol–water partition coefficient (Wildman–Crippen LogP) is 2.79. The van der Waals surface area contributed by atoms with E-state index in [1.807, 2.05) is 12.1 Å². The summed E-state index contributed by atoms with van der Waals surface area (Å²) in [7, 11) is 0. The lowest BCUT2D eigenvalue weighted by atomic mass is 10.2. The number of esters is 1. The van der Waals surface area contributed by atoms with E-state index in [4.69, 9.17) is 4.74 Å². The van der Waals surface area contributed by atoms with Crippen LogP contribution in [0.5, 0.6) is 0 Å². The highest BCUT2D eigenvalue weighted by Crippen LogP contribution is 2.17. The quantitative estimate of drug-likeness (QED) is 0.417. The van der Waals surface area contributed by atoms with Gasteiger partial charge < -0.3 is 4.74 Å². The van der Waals surface area contributed by atoms with Crippen molar-refractivity contribution in [1.82, 2.24) is 4.57 Å². The van der Waals surface area contributed by atoms with Crippen molar-refractivity contribution in [3.63, 3.8) is 0 Å². The molecule has 7 nitrogen and oxygen atoms in total. The van der Waals surface area contributed by atoms with Crippen molar-refractivity contribution < 1.29 is 14.5 Å². The van der Waals surface area contributed by atoms with Crippen LogP contribution in [0, 0.1) is 10.1 Å². The Morgan fingerprint density at radius 2 is 1.87 bits per heavy atom. The van der Waals surface area contributed by atoms with Gasteiger partial charge in [0.05, 0.1) is 20.7 Å². The van der Waals surface area contributed by atoms with Crippen molar-refractivity contribution in [2.75, 3.05) is 0 Å². The molecule has 0 saturated heterocycles. The molecule has 0 fully saturated rings. The maximum Gasteiger partial charge on any atom is 0.339 e. The van der Waals surface area contributed by atoms with Crippen molar-refractivity contribution in [1.29, 1.82) is 0 Å². The molecule has 116 valence electrons. The molecule has 1 heterocycles. The largest absolute Gasteiger partial charge is 0.440 e. The predicted molar refractivity (Wildman–Crippen MR) is 84.6 cm³/mol. The number of nitro groups is 1. The monoisotopic (exact) mass is 330 g/mol. The minimum Gasteiger partial charge on any atom is -0.440 e. The molecular formula is C15H10N2O5S. The molecule has 2 aromatic carbocycles. The first-order chi connectivity index (χ1) is 11.1. The number of aromatic nitrogens is 1. The zero-order chi connectivity index (χ0) is 16.4. The van der Waals surface area contributed by atoms with Gasteiger partial charge in [-0.25, -0.2) is 4.79 Å². The molecule has 0 radical (unpaired) electrons. The number of ether oxygens (including phenoxy) is 1. The maximum atomic E-state index is 12.0. The van der Waals surface area contributed by atoms with E-state index in [1.54, 1.807) is 12.1 Å². The second-order valence-corrected chi connectivity index (χ2v) is 5.62. The van der Waals surface area contributed by atoms with Gasteiger partial charge in [0.1, 0.15) is 0 Å². The first-order valence-electron chi connectivity index (χ1n) is 6.56. The fraction of sp³-hybridized carbons (Fsp3) is 0.0667. The molecule has 0 spiro atoms. The Bertz CT molecular complexity index is 942. The normalized spacial score (nSPS) is 10.6. The fourth-order valence-electron chi connectivity index (χ4n) is 2.06. The van der Waals surface area contributed by atoms with Gasteiger partial charge in [-0.15, -0.1) is 0 Å². The van der Waals surface area contributed by atoms with E-state index in [2.05, 4.69) is 0 Å². The van der Waals surface area contributed by atoms with Gasteiger partial charge in [0, 0.05) is 12.1 Å². The summed E-state index contributed by atoms with van der Waals surface area (Å²) in [5.74, 6) is -0.651. The van der Waals surface area contributed by atoms with E-state index < -0.39 is 10.9 Å². The summed E-state index contributed by atoms with van der Waals surface area (Å²) in [6.07, 6.45) is 0. The van der Waals surface area contributed by atoms with Gasteiger partial charge in [-0.05, 0) is 24.3 Å². The van der Waals surface area contributed by atoms with Crippen LogP contribution in [0.25, 0.3) is 10.2 Å². The number of non-ortho nitro benzene ring substituents is 1. The summed E-state index contributed by atoms with van der Waals surface area (Å²) in [4.78, 5) is 33.7. The minimum atomic E-state index is -0.651. The zero-order valence-electron chi connectivity index (χ0n) is 11.7. The molecule has 0 atom stereocenters. The molecule has 0 bridgehead atoms. The van der Waals surface area contributed by atoms with Crippen molar-refractivity contribution in [3.05, 3.63) is 73.9 Å². The lowest BCUT2D eigenvalue weighted by molar-refractivity contribution is -0.384. The molecular weight excluding hydrogens is 320 g/mol. The average molecular weight is 330 g/mol. The second-order valence-electron chi connectivity index (χ2n) is 4.63. The molecule has 0 aliphatic carbocycles. The van der Waals surface area contributed by atoms with Gasteiger partial charge >= 0.3 is 10.8 Å². The molecule has 3 rings (SSSR count).